The lowest BCUT2D eigenvalue weighted by molar-refractivity contribution is -0.116. The van der Waals surface area contributed by atoms with E-state index in [4.69, 9.17) is 9.47 Å². The number of nitrogens with one attached hydrogen (secondary N) is 1. The average Bonchev–Trinajstić information content (AvgIpc) is 3.37. The lowest BCUT2D eigenvalue weighted by Gasteiger charge is -2.08. The Bertz CT molecular complexity index is 1330. The third-order valence-electron chi connectivity index (χ3n) is 4.47. The van der Waals surface area contributed by atoms with E-state index in [1.54, 1.807) is 18.2 Å². The molecule has 3 heterocycles. The first kappa shape index (κ1) is 17.8. The van der Waals surface area contributed by atoms with Gasteiger partial charge in [-0.2, -0.15) is 4.68 Å². The van der Waals surface area contributed by atoms with E-state index in [2.05, 4.69) is 20.6 Å². The minimum Gasteiger partial charge on any atom is -0.454 e. The van der Waals surface area contributed by atoms with Gasteiger partial charge in [0.2, 0.25) is 12.7 Å². The number of fused-ring (bicyclic) bond motifs is 2. The van der Waals surface area contributed by atoms with E-state index < -0.39 is 17.3 Å². The molecule has 30 heavy (non-hydrogen) atoms. The zero-order valence-electron chi connectivity index (χ0n) is 15.3. The normalized spacial score (nSPS) is 12.3. The average molecular weight is 408 g/mol. The molecule has 0 unspecified atom stereocenters. The molecule has 0 saturated heterocycles. The molecule has 0 atom stereocenters. The monoisotopic (exact) mass is 408 g/mol. The molecule has 0 spiro atoms. The Morgan fingerprint density at radius 2 is 1.93 bits per heavy atom. The van der Waals surface area contributed by atoms with E-state index in [0.717, 1.165) is 4.57 Å². The third-order valence-corrected chi connectivity index (χ3v) is 4.47. The van der Waals surface area contributed by atoms with Gasteiger partial charge in [-0.25, -0.2) is 9.37 Å². The van der Waals surface area contributed by atoms with Crippen LogP contribution in [0.15, 0.2) is 53.6 Å². The van der Waals surface area contributed by atoms with Gasteiger partial charge in [-0.3, -0.25) is 14.2 Å². The van der Waals surface area contributed by atoms with Crippen LogP contribution in [0.25, 0.3) is 16.9 Å². The van der Waals surface area contributed by atoms with Crippen molar-refractivity contribution in [2.45, 2.75) is 6.54 Å². The van der Waals surface area contributed by atoms with Crippen LogP contribution in [-0.2, 0) is 11.3 Å². The van der Waals surface area contributed by atoms with E-state index in [1.807, 2.05) is 0 Å². The predicted octanol–water partition coefficient (Wildman–Crippen LogP) is 1.48. The van der Waals surface area contributed by atoms with Crippen LogP contribution >= 0.6 is 0 Å². The van der Waals surface area contributed by atoms with Gasteiger partial charge in [0, 0.05) is 11.8 Å². The topological polar surface area (TPSA) is 113 Å². The summed E-state index contributed by atoms with van der Waals surface area (Å²) >= 11 is 0. The molecule has 1 aliphatic rings. The first-order valence-electron chi connectivity index (χ1n) is 8.85. The van der Waals surface area contributed by atoms with Crippen LogP contribution in [0.5, 0.6) is 11.5 Å². The summed E-state index contributed by atoms with van der Waals surface area (Å²) in [5.41, 5.74) is 0.698. The first-order chi connectivity index (χ1) is 14.6. The second kappa shape index (κ2) is 6.95. The van der Waals surface area contributed by atoms with Crippen molar-refractivity contribution in [3.05, 3.63) is 65.0 Å². The van der Waals surface area contributed by atoms with Crippen molar-refractivity contribution in [3.8, 4) is 17.2 Å². The fourth-order valence-corrected chi connectivity index (χ4v) is 3.04. The quantitative estimate of drug-likeness (QED) is 0.544. The number of aromatic nitrogens is 5. The molecule has 0 fully saturated rings. The van der Waals surface area contributed by atoms with Crippen LogP contribution in [0.1, 0.15) is 0 Å². The largest absolute Gasteiger partial charge is 0.454 e. The summed E-state index contributed by atoms with van der Waals surface area (Å²) in [6, 6.07) is 10.5. The zero-order valence-corrected chi connectivity index (χ0v) is 15.3. The summed E-state index contributed by atoms with van der Waals surface area (Å²) in [6.45, 7) is -0.133. The number of nitrogens with zero attached hydrogens (tertiary/aromatic N) is 5. The molecule has 0 aliphatic carbocycles. The van der Waals surface area contributed by atoms with Crippen molar-refractivity contribution < 1.29 is 18.7 Å². The van der Waals surface area contributed by atoms with Crippen LogP contribution in [0.3, 0.4) is 0 Å². The Kier molecular flexibility index (Phi) is 4.12. The van der Waals surface area contributed by atoms with Crippen LogP contribution in [0, 0.1) is 5.82 Å². The van der Waals surface area contributed by atoms with Gasteiger partial charge in [0.05, 0.1) is 5.69 Å². The number of rotatable bonds is 4. The van der Waals surface area contributed by atoms with Gasteiger partial charge < -0.3 is 14.8 Å². The molecule has 2 aromatic carbocycles. The minimum atomic E-state index is -0.519. The number of hydrogen-bond acceptors (Lipinski definition) is 7. The lowest BCUT2D eigenvalue weighted by atomic mass is 10.3. The number of carbonyl (C=O) groups is 1. The predicted molar refractivity (Wildman–Crippen MR) is 102 cm³/mol. The number of hydrogen-bond donors (Lipinski definition) is 1. The number of amides is 1. The number of halogens is 1. The van der Waals surface area contributed by atoms with Crippen molar-refractivity contribution in [2.24, 2.45) is 0 Å². The summed E-state index contributed by atoms with van der Waals surface area (Å²) in [5.74, 6) is 0.309. The number of carbonyl (C=O) groups excluding carboxylic acids is 1. The molecule has 0 radical (unpaired) electrons. The molecule has 10 nitrogen and oxygen atoms in total. The Balaban J connectivity index is 1.38. The summed E-state index contributed by atoms with van der Waals surface area (Å²) in [7, 11) is 0. The number of benzene rings is 2. The Hall–Kier alpha value is -4.28. The second-order valence-corrected chi connectivity index (χ2v) is 6.44. The van der Waals surface area contributed by atoms with Crippen LogP contribution in [0.2, 0.25) is 0 Å². The third kappa shape index (κ3) is 3.11. The van der Waals surface area contributed by atoms with Gasteiger partial charge in [0.25, 0.3) is 5.56 Å². The van der Waals surface area contributed by atoms with E-state index in [-0.39, 0.29) is 24.5 Å². The van der Waals surface area contributed by atoms with E-state index in [0.29, 0.717) is 22.9 Å². The Morgan fingerprint density at radius 1 is 1.13 bits per heavy atom. The molecule has 5 rings (SSSR count). The Morgan fingerprint density at radius 3 is 2.77 bits per heavy atom. The van der Waals surface area contributed by atoms with Crippen LogP contribution in [-0.4, -0.2) is 37.2 Å². The molecule has 11 heteroatoms. The molecular formula is C19H13FN6O4. The highest BCUT2D eigenvalue weighted by atomic mass is 19.1. The van der Waals surface area contributed by atoms with Gasteiger partial charge in [0.1, 0.15) is 18.7 Å². The van der Waals surface area contributed by atoms with Gasteiger partial charge in [-0.15, -0.1) is 5.10 Å². The fraction of sp³-hybridized carbons (Fsp3) is 0.105. The van der Waals surface area contributed by atoms with Crippen molar-refractivity contribution in [1.29, 1.82) is 0 Å². The second-order valence-electron chi connectivity index (χ2n) is 6.44. The fourth-order valence-electron chi connectivity index (χ4n) is 3.04. The highest BCUT2D eigenvalue weighted by Crippen LogP contribution is 2.34. The maximum absolute atomic E-state index is 13.1. The smallest absolute Gasteiger partial charge is 0.284 e. The molecule has 1 amide bonds. The lowest BCUT2D eigenvalue weighted by Crippen LogP contribution is -2.28. The van der Waals surface area contributed by atoms with E-state index in [1.165, 1.54) is 35.3 Å². The molecule has 1 N–H and O–H groups in total. The van der Waals surface area contributed by atoms with Crippen molar-refractivity contribution in [3.63, 3.8) is 0 Å². The van der Waals surface area contributed by atoms with E-state index >= 15 is 0 Å². The standard InChI is InChI=1S/C19H13FN6O4/c20-11-1-4-13(5-2-11)26-18-17(23-24-26)19(28)25(9-21-18)8-16(27)22-12-3-6-14-15(7-12)30-10-29-14/h1-7,9H,8,10H2,(H,22,27). The zero-order chi connectivity index (χ0) is 20.7. The van der Waals surface area contributed by atoms with Gasteiger partial charge in [-0.1, -0.05) is 5.21 Å². The molecule has 4 aromatic rings. The molecular weight excluding hydrogens is 395 g/mol. The SMILES string of the molecule is O=C(Cn1cnc2c(nnn2-c2ccc(F)cc2)c1=O)Nc1ccc2c(c1)OCO2. The number of anilines is 1. The molecule has 1 aliphatic heterocycles. The minimum absolute atomic E-state index is 0.00213. The summed E-state index contributed by atoms with van der Waals surface area (Å²) in [5, 5.41) is 10.5. The highest BCUT2D eigenvalue weighted by molar-refractivity contribution is 5.91. The highest BCUT2D eigenvalue weighted by Gasteiger charge is 2.17. The molecule has 0 saturated carbocycles. The van der Waals surface area contributed by atoms with Crippen molar-refractivity contribution in [2.75, 3.05) is 12.1 Å². The van der Waals surface area contributed by atoms with Crippen molar-refractivity contribution in [1.82, 2.24) is 24.5 Å². The van der Waals surface area contributed by atoms with Crippen molar-refractivity contribution >= 4 is 22.8 Å². The van der Waals surface area contributed by atoms with E-state index in [9.17, 15) is 14.0 Å². The van der Waals surface area contributed by atoms with Crippen LogP contribution < -0.4 is 20.3 Å². The molecule has 150 valence electrons. The summed E-state index contributed by atoms with van der Waals surface area (Å²) in [4.78, 5) is 29.3. The number of ether oxygens (including phenoxy) is 2. The molecule has 2 aromatic heterocycles. The van der Waals surface area contributed by atoms with Crippen LogP contribution in [0.4, 0.5) is 10.1 Å². The maximum Gasteiger partial charge on any atom is 0.284 e. The summed E-state index contributed by atoms with van der Waals surface area (Å²) in [6.07, 6.45) is 1.24. The summed E-state index contributed by atoms with van der Waals surface area (Å²) < 4.78 is 26.1. The van der Waals surface area contributed by atoms with Gasteiger partial charge in [-0.05, 0) is 36.4 Å². The first-order valence-corrected chi connectivity index (χ1v) is 8.85. The Labute approximate surface area is 167 Å². The van der Waals surface area contributed by atoms with Gasteiger partial charge in [0.15, 0.2) is 22.7 Å². The maximum atomic E-state index is 13.1. The van der Waals surface area contributed by atoms with Gasteiger partial charge >= 0.3 is 0 Å². The molecule has 0 bridgehead atoms.